The van der Waals surface area contributed by atoms with Crippen molar-refractivity contribution in [3.8, 4) is 0 Å². The van der Waals surface area contributed by atoms with Crippen LogP contribution in [0.2, 0.25) is 0 Å². The maximum Gasteiger partial charge on any atom is 0.248 e. The Morgan fingerprint density at radius 1 is 1.12 bits per heavy atom. The number of thioether (sulfide) groups is 1. The molecule has 4 unspecified atom stereocenters. The lowest BCUT2D eigenvalue weighted by atomic mass is 9.95. The first-order chi connectivity index (χ1) is 15.3. The molecule has 176 valence electrons. The van der Waals surface area contributed by atoms with Gasteiger partial charge >= 0.3 is 0 Å². The Bertz CT molecular complexity index is 814. The van der Waals surface area contributed by atoms with Crippen LogP contribution < -0.4 is 10.6 Å². The first-order valence-corrected chi connectivity index (χ1v) is 12.6. The molecule has 0 bridgehead atoms. The molecule has 4 aliphatic rings. The van der Waals surface area contributed by atoms with Crippen molar-refractivity contribution >= 4 is 41.3 Å². The third-order valence-corrected chi connectivity index (χ3v) is 7.65. The highest BCUT2D eigenvalue weighted by Crippen LogP contribution is 2.30. The van der Waals surface area contributed by atoms with Crippen molar-refractivity contribution in [1.29, 1.82) is 0 Å². The summed E-state index contributed by atoms with van der Waals surface area (Å²) in [6.45, 7) is 3.39. The van der Waals surface area contributed by atoms with Crippen molar-refractivity contribution in [2.75, 3.05) is 38.2 Å². The first kappa shape index (κ1) is 22.9. The Morgan fingerprint density at radius 2 is 1.84 bits per heavy atom. The molecule has 0 saturated carbocycles. The summed E-state index contributed by atoms with van der Waals surface area (Å²) < 4.78 is 0. The molecule has 0 aromatic carbocycles. The molecule has 4 aliphatic heterocycles. The average molecular weight is 466 g/mol. The number of likely N-dealkylation sites (tertiary alicyclic amines) is 2. The van der Waals surface area contributed by atoms with Crippen LogP contribution >= 0.6 is 11.8 Å². The van der Waals surface area contributed by atoms with Gasteiger partial charge < -0.3 is 25.3 Å². The summed E-state index contributed by atoms with van der Waals surface area (Å²) in [4.78, 5) is 67.9. The summed E-state index contributed by atoms with van der Waals surface area (Å²) in [5.41, 5.74) is 0. The number of nitrogens with one attached hydrogen (secondary N) is 2. The molecule has 4 heterocycles. The van der Waals surface area contributed by atoms with Crippen molar-refractivity contribution in [1.82, 2.24) is 25.3 Å². The quantitative estimate of drug-likeness (QED) is 0.538. The van der Waals surface area contributed by atoms with E-state index < -0.39 is 12.1 Å². The average Bonchev–Trinajstić information content (AvgIpc) is 3.36. The molecule has 4 fully saturated rings. The first-order valence-electron chi connectivity index (χ1n) is 11.2. The number of amides is 5. The second-order valence-corrected chi connectivity index (χ2v) is 9.96. The Labute approximate surface area is 191 Å². The van der Waals surface area contributed by atoms with E-state index in [2.05, 4.69) is 10.6 Å². The third kappa shape index (κ3) is 4.31. The number of carbonyl (C=O) groups excluding carboxylic acids is 5. The second-order valence-electron chi connectivity index (χ2n) is 9.10. The minimum absolute atomic E-state index is 0.0207. The van der Waals surface area contributed by atoms with Crippen LogP contribution in [0.4, 0.5) is 0 Å². The number of carbonyl (C=O) groups is 5. The van der Waals surface area contributed by atoms with Gasteiger partial charge in [-0.2, -0.15) is 11.8 Å². The highest BCUT2D eigenvalue weighted by molar-refractivity contribution is 7.99. The molecule has 4 rings (SSSR count). The van der Waals surface area contributed by atoms with Gasteiger partial charge in [-0.1, -0.05) is 0 Å². The van der Waals surface area contributed by atoms with E-state index in [-0.39, 0.29) is 54.1 Å². The van der Waals surface area contributed by atoms with E-state index in [1.165, 1.54) is 18.7 Å². The summed E-state index contributed by atoms with van der Waals surface area (Å²) in [6.07, 6.45) is 4.01. The molecule has 10 nitrogen and oxygen atoms in total. The molecule has 0 aromatic heterocycles. The normalized spacial score (nSPS) is 30.5. The standard InChI is InChI=1S/C21H31N5O5S/c1-12(27)24-6-3-13(4-7-24)19(29)22-14-9-16-20(30)23-15-5-8-25(17(28)11-32-2)18(15)21(31)26(16)10-14/h13-16,18H,3-11H2,1-2H3,(H,22,29)(H,23,30). The predicted octanol–water partition coefficient (Wildman–Crippen LogP) is -1.21. The highest BCUT2D eigenvalue weighted by Gasteiger charge is 2.52. The summed E-state index contributed by atoms with van der Waals surface area (Å²) in [5.74, 6) is -0.448. The van der Waals surface area contributed by atoms with Gasteiger partial charge in [-0.3, -0.25) is 24.0 Å². The number of hydrogen-bond acceptors (Lipinski definition) is 6. The molecule has 11 heteroatoms. The van der Waals surface area contributed by atoms with Gasteiger partial charge in [0.05, 0.1) is 11.8 Å². The number of rotatable bonds is 4. The lowest BCUT2D eigenvalue weighted by molar-refractivity contribution is -0.143. The van der Waals surface area contributed by atoms with Crippen LogP contribution in [0.25, 0.3) is 0 Å². The third-order valence-electron chi connectivity index (χ3n) is 7.11. The molecule has 2 N–H and O–H groups in total. The van der Waals surface area contributed by atoms with Gasteiger partial charge in [0.2, 0.25) is 29.5 Å². The van der Waals surface area contributed by atoms with Gasteiger partial charge in [-0.25, -0.2) is 0 Å². The lowest BCUT2D eigenvalue weighted by Gasteiger charge is -2.31. The van der Waals surface area contributed by atoms with E-state index in [0.717, 1.165) is 0 Å². The summed E-state index contributed by atoms with van der Waals surface area (Å²) in [5, 5.41) is 5.99. The molecule has 0 aromatic rings. The van der Waals surface area contributed by atoms with E-state index in [4.69, 9.17) is 0 Å². The summed E-state index contributed by atoms with van der Waals surface area (Å²) >= 11 is 1.41. The van der Waals surface area contributed by atoms with E-state index in [9.17, 15) is 24.0 Å². The van der Waals surface area contributed by atoms with Gasteiger partial charge in [0.25, 0.3) is 0 Å². The Hall–Kier alpha value is -2.30. The predicted molar refractivity (Wildman–Crippen MR) is 117 cm³/mol. The summed E-state index contributed by atoms with van der Waals surface area (Å²) in [6, 6.07) is -1.96. The minimum Gasteiger partial charge on any atom is -0.351 e. The van der Waals surface area contributed by atoms with E-state index in [1.807, 2.05) is 6.26 Å². The molecular weight excluding hydrogens is 434 g/mol. The van der Waals surface area contributed by atoms with Crippen LogP contribution in [0, 0.1) is 5.92 Å². The van der Waals surface area contributed by atoms with Gasteiger partial charge in [0, 0.05) is 45.1 Å². The van der Waals surface area contributed by atoms with Crippen LogP contribution in [0.15, 0.2) is 0 Å². The Balaban J connectivity index is 1.40. The number of hydrogen-bond donors (Lipinski definition) is 2. The molecule has 5 amide bonds. The highest BCUT2D eigenvalue weighted by atomic mass is 32.2. The molecule has 32 heavy (non-hydrogen) atoms. The maximum atomic E-state index is 13.4. The lowest BCUT2D eigenvalue weighted by Crippen LogP contribution is -2.53. The number of piperidine rings is 1. The van der Waals surface area contributed by atoms with Crippen molar-refractivity contribution in [3.63, 3.8) is 0 Å². The largest absolute Gasteiger partial charge is 0.351 e. The maximum absolute atomic E-state index is 13.4. The van der Waals surface area contributed by atoms with Crippen LogP contribution in [-0.2, 0) is 24.0 Å². The topological polar surface area (TPSA) is 119 Å². The zero-order valence-corrected chi connectivity index (χ0v) is 19.4. The van der Waals surface area contributed by atoms with E-state index >= 15 is 0 Å². The Morgan fingerprint density at radius 3 is 2.50 bits per heavy atom. The zero-order valence-electron chi connectivity index (χ0n) is 18.5. The monoisotopic (exact) mass is 465 g/mol. The van der Waals surface area contributed by atoms with Crippen LogP contribution in [0.5, 0.6) is 0 Å². The summed E-state index contributed by atoms with van der Waals surface area (Å²) in [7, 11) is 0. The van der Waals surface area contributed by atoms with Gasteiger partial charge in [0.15, 0.2) is 0 Å². The van der Waals surface area contributed by atoms with Crippen LogP contribution in [0.1, 0.15) is 32.6 Å². The van der Waals surface area contributed by atoms with Gasteiger partial charge in [-0.15, -0.1) is 0 Å². The zero-order chi connectivity index (χ0) is 23.0. The molecule has 0 radical (unpaired) electrons. The smallest absolute Gasteiger partial charge is 0.248 e. The SMILES string of the molecule is CSCC(=O)N1CCC2NC(=O)C3CC(NC(=O)C4CCN(C(C)=O)CC4)CN3C(=O)C21. The van der Waals surface area contributed by atoms with E-state index in [1.54, 1.807) is 14.7 Å². The second kappa shape index (κ2) is 9.29. The molecule has 4 atom stereocenters. The molecule has 4 saturated heterocycles. The van der Waals surface area contributed by atoms with E-state index in [0.29, 0.717) is 51.1 Å². The molecule has 0 spiro atoms. The molecule has 0 aliphatic carbocycles. The Kier molecular flexibility index (Phi) is 6.64. The van der Waals surface area contributed by atoms with Crippen LogP contribution in [-0.4, -0.2) is 107 Å². The fraction of sp³-hybridized carbons (Fsp3) is 0.762. The van der Waals surface area contributed by atoms with Gasteiger partial charge in [0.1, 0.15) is 12.1 Å². The van der Waals surface area contributed by atoms with Crippen molar-refractivity contribution in [2.45, 2.75) is 56.8 Å². The fourth-order valence-electron chi connectivity index (χ4n) is 5.39. The van der Waals surface area contributed by atoms with Crippen molar-refractivity contribution in [2.24, 2.45) is 5.92 Å². The number of fused-ring (bicyclic) bond motifs is 2. The van der Waals surface area contributed by atoms with Crippen molar-refractivity contribution < 1.29 is 24.0 Å². The molecular formula is C21H31N5O5S. The van der Waals surface area contributed by atoms with Crippen LogP contribution in [0.3, 0.4) is 0 Å². The van der Waals surface area contributed by atoms with Gasteiger partial charge in [-0.05, 0) is 31.9 Å². The number of nitrogens with zero attached hydrogens (tertiary/aromatic N) is 3. The van der Waals surface area contributed by atoms with Crippen molar-refractivity contribution in [3.05, 3.63) is 0 Å². The minimum atomic E-state index is -0.672. The fourth-order valence-corrected chi connectivity index (χ4v) is 5.80.